The van der Waals surface area contributed by atoms with Gasteiger partial charge < -0.3 is 19.4 Å². The fourth-order valence-corrected chi connectivity index (χ4v) is 3.62. The summed E-state index contributed by atoms with van der Waals surface area (Å²) in [6.45, 7) is 5.24. The molecule has 2 aliphatic heterocycles. The largest absolute Gasteiger partial charge is 0.423 e. The van der Waals surface area contributed by atoms with Crippen LogP contribution < -0.4 is 14.5 Å². The number of carbonyl (C=O) groups excluding carboxylic acids is 2. The molecule has 2 aliphatic rings. The molecule has 2 aromatic carbocycles. The summed E-state index contributed by atoms with van der Waals surface area (Å²) in [6.07, 6.45) is 0. The van der Waals surface area contributed by atoms with Gasteiger partial charge in [-0.15, -0.1) is 0 Å². The van der Waals surface area contributed by atoms with Crippen LogP contribution in [0.25, 0.3) is 0 Å². The van der Waals surface area contributed by atoms with Gasteiger partial charge in [0, 0.05) is 31.9 Å². The van der Waals surface area contributed by atoms with E-state index in [0.717, 1.165) is 24.3 Å². The highest BCUT2D eigenvalue weighted by Gasteiger charge is 2.28. The van der Waals surface area contributed by atoms with E-state index in [1.165, 1.54) is 5.69 Å². The third-order valence-corrected chi connectivity index (χ3v) is 5.08. The molecule has 1 fully saturated rings. The monoisotopic (exact) mass is 365 g/mol. The Balaban J connectivity index is 1.40. The van der Waals surface area contributed by atoms with E-state index in [1.54, 1.807) is 0 Å². The van der Waals surface area contributed by atoms with Gasteiger partial charge >= 0.3 is 5.97 Å². The zero-order valence-corrected chi connectivity index (χ0v) is 15.4. The summed E-state index contributed by atoms with van der Waals surface area (Å²) in [5, 5.41) is 0. The molecule has 4 rings (SSSR count). The van der Waals surface area contributed by atoms with E-state index in [9.17, 15) is 9.59 Å². The first kappa shape index (κ1) is 17.4. The van der Waals surface area contributed by atoms with Gasteiger partial charge in [0.15, 0.2) is 5.75 Å². The first-order valence-corrected chi connectivity index (χ1v) is 9.24. The molecule has 0 radical (unpaired) electrons. The van der Waals surface area contributed by atoms with Crippen LogP contribution in [-0.2, 0) is 9.59 Å². The van der Waals surface area contributed by atoms with Gasteiger partial charge in [-0.05, 0) is 36.8 Å². The summed E-state index contributed by atoms with van der Waals surface area (Å²) in [5.74, 6) is 0.256. The number of fused-ring (bicyclic) bond motifs is 1. The van der Waals surface area contributed by atoms with Crippen LogP contribution in [0, 0.1) is 6.92 Å². The molecule has 2 heterocycles. The summed E-state index contributed by atoms with van der Waals surface area (Å²) in [5.41, 5.74) is 3.01. The number of hydrogen-bond acceptors (Lipinski definition) is 5. The van der Waals surface area contributed by atoms with Crippen LogP contribution in [0.3, 0.4) is 0 Å². The number of carbonyl (C=O) groups is 2. The third kappa shape index (κ3) is 3.74. The molecule has 0 N–H and O–H groups in total. The van der Waals surface area contributed by atoms with Crippen molar-refractivity contribution in [1.29, 1.82) is 0 Å². The summed E-state index contributed by atoms with van der Waals surface area (Å²) in [4.78, 5) is 30.7. The maximum atomic E-state index is 12.8. The van der Waals surface area contributed by atoms with Crippen LogP contribution in [0.2, 0.25) is 0 Å². The molecule has 1 saturated heterocycles. The van der Waals surface area contributed by atoms with Crippen molar-refractivity contribution in [3.63, 3.8) is 0 Å². The van der Waals surface area contributed by atoms with Crippen molar-refractivity contribution in [2.75, 3.05) is 49.1 Å². The van der Waals surface area contributed by atoms with E-state index < -0.39 is 0 Å². The molecular weight excluding hydrogens is 342 g/mol. The SMILES string of the molecule is Cc1ccc2c(c1)OC(=O)CN2CC(=O)N1CCN(c2ccccc2)CC1. The van der Waals surface area contributed by atoms with Gasteiger partial charge in [-0.2, -0.15) is 0 Å². The molecule has 2 aromatic rings. The Morgan fingerprint density at radius 3 is 2.52 bits per heavy atom. The molecule has 0 aromatic heterocycles. The van der Waals surface area contributed by atoms with Crippen LogP contribution in [0.15, 0.2) is 48.5 Å². The molecule has 6 heteroatoms. The molecule has 0 bridgehead atoms. The Labute approximate surface area is 158 Å². The second-order valence-corrected chi connectivity index (χ2v) is 7.00. The Morgan fingerprint density at radius 2 is 1.78 bits per heavy atom. The molecular formula is C21H23N3O3. The Bertz CT molecular complexity index is 845. The molecule has 0 saturated carbocycles. The van der Waals surface area contributed by atoms with Gasteiger partial charge in [0.05, 0.1) is 12.2 Å². The van der Waals surface area contributed by atoms with E-state index in [2.05, 4.69) is 17.0 Å². The number of para-hydroxylation sites is 1. The zero-order valence-electron chi connectivity index (χ0n) is 15.4. The molecule has 140 valence electrons. The molecule has 0 aliphatic carbocycles. The van der Waals surface area contributed by atoms with E-state index in [0.29, 0.717) is 18.8 Å². The van der Waals surface area contributed by atoms with Crippen molar-refractivity contribution in [3.05, 3.63) is 54.1 Å². The number of hydrogen-bond donors (Lipinski definition) is 0. The Kier molecular flexibility index (Phi) is 4.71. The predicted molar refractivity (Wildman–Crippen MR) is 104 cm³/mol. The fraction of sp³-hybridized carbons (Fsp3) is 0.333. The van der Waals surface area contributed by atoms with Crippen molar-refractivity contribution in [3.8, 4) is 5.75 Å². The smallest absolute Gasteiger partial charge is 0.331 e. The van der Waals surface area contributed by atoms with Crippen LogP contribution in [0.1, 0.15) is 5.56 Å². The highest BCUT2D eigenvalue weighted by molar-refractivity contribution is 5.89. The minimum absolute atomic E-state index is 0.0453. The van der Waals surface area contributed by atoms with Crippen LogP contribution in [0.5, 0.6) is 5.75 Å². The van der Waals surface area contributed by atoms with Crippen LogP contribution in [0.4, 0.5) is 11.4 Å². The molecule has 0 spiro atoms. The highest BCUT2D eigenvalue weighted by Crippen LogP contribution is 2.32. The van der Waals surface area contributed by atoms with Gasteiger partial charge in [0.1, 0.15) is 6.54 Å². The summed E-state index contributed by atoms with van der Waals surface area (Å²) >= 11 is 0. The maximum Gasteiger partial charge on any atom is 0.331 e. The second-order valence-electron chi connectivity index (χ2n) is 7.00. The lowest BCUT2D eigenvalue weighted by Gasteiger charge is -2.37. The number of rotatable bonds is 3. The van der Waals surface area contributed by atoms with Crippen molar-refractivity contribution in [2.24, 2.45) is 0 Å². The van der Waals surface area contributed by atoms with Crippen molar-refractivity contribution in [2.45, 2.75) is 6.92 Å². The minimum Gasteiger partial charge on any atom is -0.423 e. The number of nitrogens with zero attached hydrogens (tertiary/aromatic N) is 3. The predicted octanol–water partition coefficient (Wildman–Crippen LogP) is 2.07. The summed E-state index contributed by atoms with van der Waals surface area (Å²) in [7, 11) is 0. The topological polar surface area (TPSA) is 53.1 Å². The average molecular weight is 365 g/mol. The van der Waals surface area contributed by atoms with Crippen molar-refractivity contribution < 1.29 is 14.3 Å². The number of anilines is 2. The fourth-order valence-electron chi connectivity index (χ4n) is 3.62. The van der Waals surface area contributed by atoms with Gasteiger partial charge in [-0.1, -0.05) is 24.3 Å². The molecule has 0 unspecified atom stereocenters. The lowest BCUT2D eigenvalue weighted by molar-refractivity contribution is -0.133. The van der Waals surface area contributed by atoms with Gasteiger partial charge in [0.25, 0.3) is 0 Å². The first-order valence-electron chi connectivity index (χ1n) is 9.24. The van der Waals surface area contributed by atoms with Crippen LogP contribution in [-0.4, -0.2) is 56.0 Å². The second kappa shape index (κ2) is 7.31. The van der Waals surface area contributed by atoms with E-state index in [-0.39, 0.29) is 25.0 Å². The van der Waals surface area contributed by atoms with Crippen molar-refractivity contribution in [1.82, 2.24) is 4.90 Å². The molecule has 27 heavy (non-hydrogen) atoms. The number of amides is 1. The van der Waals surface area contributed by atoms with Gasteiger partial charge in [0.2, 0.25) is 5.91 Å². The van der Waals surface area contributed by atoms with Gasteiger partial charge in [-0.3, -0.25) is 4.79 Å². The van der Waals surface area contributed by atoms with Gasteiger partial charge in [-0.25, -0.2) is 4.79 Å². The quantitative estimate of drug-likeness (QED) is 0.616. The summed E-state index contributed by atoms with van der Waals surface area (Å²) < 4.78 is 5.32. The highest BCUT2D eigenvalue weighted by atomic mass is 16.5. The Hall–Kier alpha value is -3.02. The molecule has 6 nitrogen and oxygen atoms in total. The standard InChI is InChI=1S/C21H23N3O3/c1-16-7-8-18-19(13-16)27-21(26)15-24(18)14-20(25)23-11-9-22(10-12-23)17-5-3-2-4-6-17/h2-8,13H,9-12,14-15H2,1H3. The van der Waals surface area contributed by atoms with Crippen molar-refractivity contribution >= 4 is 23.3 Å². The average Bonchev–Trinajstić information content (AvgIpc) is 2.68. The molecule has 1 amide bonds. The lowest BCUT2D eigenvalue weighted by Crippen LogP contribution is -2.52. The zero-order chi connectivity index (χ0) is 18.8. The first-order chi connectivity index (χ1) is 13.1. The van der Waals surface area contributed by atoms with E-state index >= 15 is 0 Å². The van der Waals surface area contributed by atoms with E-state index in [4.69, 9.17) is 4.74 Å². The van der Waals surface area contributed by atoms with Crippen LogP contribution >= 0.6 is 0 Å². The Morgan fingerprint density at radius 1 is 1.04 bits per heavy atom. The maximum absolute atomic E-state index is 12.8. The number of ether oxygens (including phenoxy) is 1. The molecule has 0 atom stereocenters. The van der Waals surface area contributed by atoms with E-state index in [1.807, 2.05) is 53.1 Å². The minimum atomic E-state index is -0.324. The number of esters is 1. The third-order valence-electron chi connectivity index (χ3n) is 5.08. The number of benzene rings is 2. The lowest BCUT2D eigenvalue weighted by atomic mass is 10.1. The number of piperazine rings is 1. The normalized spacial score (nSPS) is 16.8. The summed E-state index contributed by atoms with van der Waals surface area (Å²) in [6, 6.07) is 16.0. The number of aryl methyl sites for hydroxylation is 1.